The number of aromatic nitrogens is 5. The topological polar surface area (TPSA) is 85.6 Å². The molecule has 0 unspecified atom stereocenters. The van der Waals surface area contributed by atoms with Crippen molar-refractivity contribution in [3.8, 4) is 0 Å². The number of anilines is 1. The molecule has 1 N–H and O–H groups in total. The summed E-state index contributed by atoms with van der Waals surface area (Å²) in [7, 11) is 1.82. The molecule has 0 radical (unpaired) electrons. The number of hydrogen-bond donors (Lipinski definition) is 1. The number of nitrogens with one attached hydrogen (secondary N) is 1. The molecule has 0 bridgehead atoms. The van der Waals surface area contributed by atoms with E-state index in [0.29, 0.717) is 5.69 Å². The third-order valence-corrected chi connectivity index (χ3v) is 3.19. The highest BCUT2D eigenvalue weighted by atomic mass is 35.5. The zero-order valence-corrected chi connectivity index (χ0v) is 12.1. The lowest BCUT2D eigenvalue weighted by Crippen LogP contribution is -2.14. The molecule has 0 spiro atoms. The lowest BCUT2D eigenvalue weighted by molar-refractivity contribution is 0.102. The predicted octanol–water partition coefficient (Wildman–Crippen LogP) is 1.97. The normalized spacial score (nSPS) is 10.8. The van der Waals surface area contributed by atoms with E-state index in [1.165, 1.54) is 12.1 Å². The highest BCUT2D eigenvalue weighted by Crippen LogP contribution is 2.19. The van der Waals surface area contributed by atoms with Crippen LogP contribution < -0.4 is 5.32 Å². The van der Waals surface area contributed by atoms with Gasteiger partial charge < -0.3 is 5.32 Å². The van der Waals surface area contributed by atoms with Gasteiger partial charge in [0.25, 0.3) is 5.91 Å². The number of halogens is 1. The van der Waals surface area contributed by atoms with E-state index in [0.717, 1.165) is 16.7 Å². The van der Waals surface area contributed by atoms with Crippen LogP contribution in [-0.4, -0.2) is 30.9 Å². The van der Waals surface area contributed by atoms with E-state index in [1.54, 1.807) is 10.9 Å². The summed E-state index contributed by atoms with van der Waals surface area (Å²) in [6, 6.07) is 4.84. The molecule has 0 aliphatic carbocycles. The van der Waals surface area contributed by atoms with Gasteiger partial charge in [0.1, 0.15) is 0 Å². The van der Waals surface area contributed by atoms with Gasteiger partial charge in [0.15, 0.2) is 16.5 Å². The molecule has 3 aromatic rings. The summed E-state index contributed by atoms with van der Waals surface area (Å²) in [5, 5.41) is 15.5. The number of rotatable bonds is 2. The molecule has 0 saturated carbocycles. The molecule has 106 valence electrons. The molecule has 1 amide bonds. The SMILES string of the molecule is Cc1nn(C)c2ncc(NC(=O)c3ccc(Cl)nn3)cc12. The predicted molar refractivity (Wildman–Crippen MR) is 78.2 cm³/mol. The van der Waals surface area contributed by atoms with Crippen LogP contribution in [0, 0.1) is 6.92 Å². The first-order valence-electron chi connectivity index (χ1n) is 6.14. The van der Waals surface area contributed by atoms with Crippen molar-refractivity contribution in [1.29, 1.82) is 0 Å². The summed E-state index contributed by atoms with van der Waals surface area (Å²) in [6.45, 7) is 1.89. The van der Waals surface area contributed by atoms with E-state index in [9.17, 15) is 4.79 Å². The number of hydrogen-bond acceptors (Lipinski definition) is 5. The van der Waals surface area contributed by atoms with Crippen molar-refractivity contribution >= 4 is 34.2 Å². The Kier molecular flexibility index (Phi) is 3.26. The summed E-state index contributed by atoms with van der Waals surface area (Å²) in [5.74, 6) is -0.373. The van der Waals surface area contributed by atoms with Crippen molar-refractivity contribution in [3.63, 3.8) is 0 Å². The number of carbonyl (C=O) groups is 1. The summed E-state index contributed by atoms with van der Waals surface area (Å²) >= 11 is 5.64. The molecule has 7 nitrogen and oxygen atoms in total. The van der Waals surface area contributed by atoms with Crippen LogP contribution in [0.2, 0.25) is 5.15 Å². The Labute approximate surface area is 125 Å². The van der Waals surface area contributed by atoms with Crippen LogP contribution in [0.5, 0.6) is 0 Å². The van der Waals surface area contributed by atoms with Crippen molar-refractivity contribution in [2.75, 3.05) is 5.32 Å². The minimum absolute atomic E-state index is 0.183. The van der Waals surface area contributed by atoms with Crippen LogP contribution in [0.4, 0.5) is 5.69 Å². The van der Waals surface area contributed by atoms with Gasteiger partial charge in [-0.1, -0.05) is 11.6 Å². The molecule has 0 atom stereocenters. The molecule has 21 heavy (non-hydrogen) atoms. The molecule has 0 aliphatic heterocycles. The molecule has 0 saturated heterocycles. The van der Waals surface area contributed by atoms with Gasteiger partial charge in [-0.05, 0) is 25.1 Å². The van der Waals surface area contributed by atoms with Crippen molar-refractivity contribution in [1.82, 2.24) is 25.0 Å². The van der Waals surface area contributed by atoms with Gasteiger partial charge in [-0.2, -0.15) is 5.10 Å². The number of carbonyl (C=O) groups excluding carboxylic acids is 1. The second kappa shape index (κ2) is 5.10. The summed E-state index contributed by atoms with van der Waals surface area (Å²) in [5.41, 5.74) is 2.36. The summed E-state index contributed by atoms with van der Waals surface area (Å²) < 4.78 is 1.70. The monoisotopic (exact) mass is 302 g/mol. The van der Waals surface area contributed by atoms with Crippen LogP contribution >= 0.6 is 11.6 Å². The number of pyridine rings is 1. The van der Waals surface area contributed by atoms with E-state index in [1.807, 2.05) is 20.0 Å². The number of amides is 1. The second-order valence-corrected chi connectivity index (χ2v) is 4.89. The molecular weight excluding hydrogens is 292 g/mol. The lowest BCUT2D eigenvalue weighted by Gasteiger charge is -2.04. The van der Waals surface area contributed by atoms with E-state index in [4.69, 9.17) is 11.6 Å². The standard InChI is InChI=1S/C13H11ClN6O/c1-7-9-5-8(6-15-12(9)20(2)19-7)16-13(21)10-3-4-11(14)18-17-10/h3-6H,1-2H3,(H,16,21). The van der Waals surface area contributed by atoms with Crippen molar-refractivity contribution in [2.45, 2.75) is 6.92 Å². The minimum Gasteiger partial charge on any atom is -0.319 e. The van der Waals surface area contributed by atoms with Crippen LogP contribution in [0.25, 0.3) is 11.0 Å². The molecule has 3 aromatic heterocycles. The average Bonchev–Trinajstić information content (AvgIpc) is 2.74. The largest absolute Gasteiger partial charge is 0.319 e. The van der Waals surface area contributed by atoms with Gasteiger partial charge in [-0.25, -0.2) is 4.98 Å². The number of fused-ring (bicyclic) bond motifs is 1. The molecule has 3 heterocycles. The first-order valence-corrected chi connectivity index (χ1v) is 6.52. The Bertz CT molecular complexity index is 827. The second-order valence-electron chi connectivity index (χ2n) is 4.50. The highest BCUT2D eigenvalue weighted by Gasteiger charge is 2.11. The van der Waals surface area contributed by atoms with Crippen molar-refractivity contribution < 1.29 is 4.79 Å². The summed E-state index contributed by atoms with van der Waals surface area (Å²) in [4.78, 5) is 16.3. The molecule has 0 aliphatic rings. The van der Waals surface area contributed by atoms with Crippen LogP contribution in [0.15, 0.2) is 24.4 Å². The maximum Gasteiger partial charge on any atom is 0.276 e. The quantitative estimate of drug-likeness (QED) is 0.782. The fraction of sp³-hybridized carbons (Fsp3) is 0.154. The number of nitrogens with zero attached hydrogens (tertiary/aromatic N) is 5. The highest BCUT2D eigenvalue weighted by molar-refractivity contribution is 6.29. The van der Waals surface area contributed by atoms with Gasteiger partial charge in [0.05, 0.1) is 17.6 Å². The molecule has 3 rings (SSSR count). The van der Waals surface area contributed by atoms with Gasteiger partial charge in [-0.3, -0.25) is 9.48 Å². The fourth-order valence-electron chi connectivity index (χ4n) is 2.01. The fourth-order valence-corrected chi connectivity index (χ4v) is 2.11. The third kappa shape index (κ3) is 2.55. The average molecular weight is 303 g/mol. The smallest absolute Gasteiger partial charge is 0.276 e. The van der Waals surface area contributed by atoms with Gasteiger partial charge >= 0.3 is 0 Å². The Morgan fingerprint density at radius 1 is 1.33 bits per heavy atom. The minimum atomic E-state index is -0.373. The van der Waals surface area contributed by atoms with Gasteiger partial charge in [-0.15, -0.1) is 10.2 Å². The molecule has 0 fully saturated rings. The zero-order chi connectivity index (χ0) is 15.0. The molecule has 0 aromatic carbocycles. The van der Waals surface area contributed by atoms with Crippen LogP contribution in [0.1, 0.15) is 16.2 Å². The van der Waals surface area contributed by atoms with Crippen LogP contribution in [0.3, 0.4) is 0 Å². The Balaban J connectivity index is 1.89. The lowest BCUT2D eigenvalue weighted by atomic mass is 10.2. The molecule has 8 heteroatoms. The maximum absolute atomic E-state index is 12.0. The first-order chi connectivity index (χ1) is 10.0. The van der Waals surface area contributed by atoms with E-state index in [2.05, 4.69) is 25.6 Å². The first kappa shape index (κ1) is 13.4. The van der Waals surface area contributed by atoms with Crippen molar-refractivity contribution in [3.05, 3.63) is 40.9 Å². The Hall–Kier alpha value is -2.54. The van der Waals surface area contributed by atoms with E-state index >= 15 is 0 Å². The third-order valence-electron chi connectivity index (χ3n) is 2.99. The molecular formula is C13H11ClN6O. The maximum atomic E-state index is 12.0. The van der Waals surface area contributed by atoms with E-state index < -0.39 is 0 Å². The van der Waals surface area contributed by atoms with Gasteiger partial charge in [0, 0.05) is 12.4 Å². The number of aryl methyl sites for hydroxylation is 2. The summed E-state index contributed by atoms with van der Waals surface area (Å²) in [6.07, 6.45) is 1.57. The zero-order valence-electron chi connectivity index (χ0n) is 11.3. The Morgan fingerprint density at radius 3 is 2.86 bits per heavy atom. The van der Waals surface area contributed by atoms with Crippen LogP contribution in [-0.2, 0) is 7.05 Å². The van der Waals surface area contributed by atoms with Gasteiger partial charge in [0.2, 0.25) is 0 Å². The van der Waals surface area contributed by atoms with E-state index in [-0.39, 0.29) is 16.8 Å². The van der Waals surface area contributed by atoms with Crippen molar-refractivity contribution in [2.24, 2.45) is 7.05 Å². The Morgan fingerprint density at radius 2 is 2.14 bits per heavy atom.